The molecule has 0 saturated carbocycles. The van der Waals surface area contributed by atoms with E-state index in [0.717, 1.165) is 39.1 Å². The van der Waals surface area contributed by atoms with Gasteiger partial charge in [0.2, 0.25) is 0 Å². The van der Waals surface area contributed by atoms with Crippen LogP contribution < -0.4 is 10.6 Å². The normalized spacial score (nSPS) is 14.8. The van der Waals surface area contributed by atoms with Crippen LogP contribution in [0.2, 0.25) is 0 Å². The Balaban J connectivity index is 0.00000264. The number of amides is 1. The highest BCUT2D eigenvalue weighted by atomic mass is 35.5. The third-order valence-corrected chi connectivity index (χ3v) is 3.94. The van der Waals surface area contributed by atoms with E-state index in [9.17, 15) is 9.59 Å². The highest BCUT2D eigenvalue weighted by Crippen LogP contribution is 2.07. The van der Waals surface area contributed by atoms with Gasteiger partial charge >= 0.3 is 0 Å². The molecule has 1 aromatic rings. The molecule has 1 saturated heterocycles. The molecule has 2 rings (SSSR count). The summed E-state index contributed by atoms with van der Waals surface area (Å²) in [5.74, 6) is 0.0267. The zero-order chi connectivity index (χ0) is 15.8. The Morgan fingerprint density at radius 2 is 1.74 bits per heavy atom. The number of piperazine rings is 1. The summed E-state index contributed by atoms with van der Waals surface area (Å²) in [6.45, 7) is 7.80. The fourth-order valence-electron chi connectivity index (χ4n) is 2.55. The molecule has 0 aliphatic carbocycles. The van der Waals surface area contributed by atoms with Crippen molar-refractivity contribution in [2.75, 3.05) is 39.3 Å². The largest absolute Gasteiger partial charge is 0.352 e. The van der Waals surface area contributed by atoms with E-state index in [0.29, 0.717) is 24.1 Å². The van der Waals surface area contributed by atoms with Crippen molar-refractivity contribution >= 4 is 24.1 Å². The monoisotopic (exact) mass is 339 g/mol. The molecule has 0 atom stereocenters. The van der Waals surface area contributed by atoms with Crippen LogP contribution in [-0.2, 0) is 0 Å². The number of ketones is 1. The lowest BCUT2D eigenvalue weighted by molar-refractivity contribution is 0.0948. The number of hydrogen-bond acceptors (Lipinski definition) is 4. The molecule has 6 heteroatoms. The summed E-state index contributed by atoms with van der Waals surface area (Å²) in [7, 11) is 0. The van der Waals surface area contributed by atoms with Gasteiger partial charge in [-0.2, -0.15) is 0 Å². The summed E-state index contributed by atoms with van der Waals surface area (Å²) in [4.78, 5) is 26.0. The van der Waals surface area contributed by atoms with Crippen molar-refractivity contribution in [3.63, 3.8) is 0 Å². The standard InChI is InChI=1S/C17H25N3O2.ClH/c1-2-16(21)14-4-6-15(7-5-14)17(22)19-8-3-11-20-12-9-18-10-13-20;/h4-7,18H,2-3,8-13H2,1H3,(H,19,22);1H. The van der Waals surface area contributed by atoms with E-state index < -0.39 is 0 Å². The van der Waals surface area contributed by atoms with Crippen LogP contribution in [0, 0.1) is 0 Å². The first-order valence-corrected chi connectivity index (χ1v) is 8.05. The molecular formula is C17H26ClN3O2. The molecule has 5 nitrogen and oxygen atoms in total. The van der Waals surface area contributed by atoms with Gasteiger partial charge in [0.1, 0.15) is 0 Å². The van der Waals surface area contributed by atoms with E-state index in [1.807, 2.05) is 6.92 Å². The fraction of sp³-hybridized carbons (Fsp3) is 0.529. The van der Waals surface area contributed by atoms with E-state index in [-0.39, 0.29) is 24.1 Å². The molecule has 23 heavy (non-hydrogen) atoms. The highest BCUT2D eigenvalue weighted by molar-refractivity contribution is 5.98. The second-order valence-electron chi connectivity index (χ2n) is 5.56. The number of nitrogens with one attached hydrogen (secondary N) is 2. The van der Waals surface area contributed by atoms with Crippen molar-refractivity contribution in [1.29, 1.82) is 0 Å². The van der Waals surface area contributed by atoms with Gasteiger partial charge in [-0.05, 0) is 25.1 Å². The van der Waals surface area contributed by atoms with Crippen molar-refractivity contribution < 1.29 is 9.59 Å². The molecule has 0 radical (unpaired) electrons. The number of nitrogens with zero attached hydrogens (tertiary/aromatic N) is 1. The third-order valence-electron chi connectivity index (χ3n) is 3.94. The number of halogens is 1. The summed E-state index contributed by atoms with van der Waals surface area (Å²) in [5.41, 5.74) is 1.27. The molecular weight excluding hydrogens is 314 g/mol. The van der Waals surface area contributed by atoms with E-state index in [1.165, 1.54) is 0 Å². The van der Waals surface area contributed by atoms with Crippen LogP contribution in [0.3, 0.4) is 0 Å². The molecule has 0 unspecified atom stereocenters. The molecule has 1 amide bonds. The zero-order valence-corrected chi connectivity index (χ0v) is 14.5. The quantitative estimate of drug-likeness (QED) is 0.586. The maximum absolute atomic E-state index is 12.0. The predicted octanol–water partition coefficient (Wildman–Crippen LogP) is 1.73. The second kappa shape index (κ2) is 10.4. The van der Waals surface area contributed by atoms with Crippen molar-refractivity contribution in [3.05, 3.63) is 35.4 Å². The minimum absolute atomic E-state index is 0. The highest BCUT2D eigenvalue weighted by Gasteiger charge is 2.10. The zero-order valence-electron chi connectivity index (χ0n) is 13.6. The molecule has 1 aromatic carbocycles. The Labute approximate surface area is 144 Å². The molecule has 1 aliphatic heterocycles. The fourth-order valence-corrected chi connectivity index (χ4v) is 2.55. The molecule has 1 aliphatic rings. The first-order valence-electron chi connectivity index (χ1n) is 8.05. The van der Waals surface area contributed by atoms with Gasteiger partial charge in [-0.3, -0.25) is 9.59 Å². The van der Waals surface area contributed by atoms with Gasteiger partial charge in [0.05, 0.1) is 0 Å². The number of rotatable bonds is 7. The second-order valence-corrected chi connectivity index (χ2v) is 5.56. The van der Waals surface area contributed by atoms with Crippen LogP contribution in [0.5, 0.6) is 0 Å². The van der Waals surface area contributed by atoms with Gasteiger partial charge in [-0.15, -0.1) is 12.4 Å². The van der Waals surface area contributed by atoms with Crippen LogP contribution in [0.1, 0.15) is 40.5 Å². The molecule has 0 spiro atoms. The smallest absolute Gasteiger partial charge is 0.251 e. The number of carbonyl (C=O) groups is 2. The van der Waals surface area contributed by atoms with Gasteiger partial charge in [0, 0.05) is 50.3 Å². The Morgan fingerprint density at radius 3 is 2.35 bits per heavy atom. The minimum atomic E-state index is -0.0733. The van der Waals surface area contributed by atoms with Crippen molar-refractivity contribution in [1.82, 2.24) is 15.5 Å². The van der Waals surface area contributed by atoms with Crippen LogP contribution >= 0.6 is 12.4 Å². The minimum Gasteiger partial charge on any atom is -0.352 e. The number of benzene rings is 1. The topological polar surface area (TPSA) is 61.4 Å². The third kappa shape index (κ3) is 6.29. The summed E-state index contributed by atoms with van der Waals surface area (Å²) >= 11 is 0. The lowest BCUT2D eigenvalue weighted by Gasteiger charge is -2.27. The van der Waals surface area contributed by atoms with E-state index in [2.05, 4.69) is 15.5 Å². The number of Topliss-reactive ketones (excluding diaryl/α,β-unsaturated/α-hetero) is 1. The average molecular weight is 340 g/mol. The molecule has 1 heterocycles. The Bertz CT molecular complexity index is 499. The van der Waals surface area contributed by atoms with Crippen molar-refractivity contribution in [2.45, 2.75) is 19.8 Å². The molecule has 1 fully saturated rings. The van der Waals surface area contributed by atoms with E-state index in [4.69, 9.17) is 0 Å². The van der Waals surface area contributed by atoms with Crippen molar-refractivity contribution in [2.24, 2.45) is 0 Å². The Hall–Kier alpha value is -1.43. The van der Waals surface area contributed by atoms with Gasteiger partial charge in [0.15, 0.2) is 5.78 Å². The summed E-state index contributed by atoms with van der Waals surface area (Å²) < 4.78 is 0. The first kappa shape index (κ1) is 19.6. The Kier molecular flexibility index (Phi) is 8.84. The Morgan fingerprint density at radius 1 is 1.13 bits per heavy atom. The van der Waals surface area contributed by atoms with Crippen molar-refractivity contribution in [3.8, 4) is 0 Å². The van der Waals surface area contributed by atoms with Gasteiger partial charge in [-0.1, -0.05) is 19.1 Å². The van der Waals surface area contributed by atoms with Crippen LogP contribution in [-0.4, -0.2) is 55.9 Å². The summed E-state index contributed by atoms with van der Waals surface area (Å²) in [6, 6.07) is 6.88. The van der Waals surface area contributed by atoms with Crippen LogP contribution in [0.25, 0.3) is 0 Å². The number of hydrogen-bond donors (Lipinski definition) is 2. The average Bonchev–Trinajstić information content (AvgIpc) is 2.59. The van der Waals surface area contributed by atoms with Gasteiger partial charge in [0.25, 0.3) is 5.91 Å². The maximum atomic E-state index is 12.0. The maximum Gasteiger partial charge on any atom is 0.251 e. The SMILES string of the molecule is CCC(=O)c1ccc(C(=O)NCCCN2CCNCC2)cc1.Cl. The molecule has 0 bridgehead atoms. The van der Waals surface area contributed by atoms with E-state index in [1.54, 1.807) is 24.3 Å². The van der Waals surface area contributed by atoms with Crippen LogP contribution in [0.15, 0.2) is 24.3 Å². The summed E-state index contributed by atoms with van der Waals surface area (Å²) in [5, 5.41) is 6.26. The lowest BCUT2D eigenvalue weighted by atomic mass is 10.1. The van der Waals surface area contributed by atoms with E-state index >= 15 is 0 Å². The van der Waals surface area contributed by atoms with Gasteiger partial charge < -0.3 is 15.5 Å². The predicted molar refractivity (Wildman–Crippen MR) is 94.6 cm³/mol. The first-order chi connectivity index (χ1) is 10.7. The lowest BCUT2D eigenvalue weighted by Crippen LogP contribution is -2.44. The molecule has 0 aromatic heterocycles. The summed E-state index contributed by atoms with van der Waals surface area (Å²) in [6.07, 6.45) is 1.44. The molecule has 2 N–H and O–H groups in total. The van der Waals surface area contributed by atoms with Gasteiger partial charge in [-0.25, -0.2) is 0 Å². The van der Waals surface area contributed by atoms with Crippen LogP contribution in [0.4, 0.5) is 0 Å². The number of carbonyl (C=O) groups excluding carboxylic acids is 2. The molecule has 128 valence electrons.